The first-order chi connectivity index (χ1) is 8.76. The third-order valence-electron chi connectivity index (χ3n) is 2.31. The highest BCUT2D eigenvalue weighted by Gasteiger charge is 2.40. The molecule has 8 heteroatoms. The summed E-state index contributed by atoms with van der Waals surface area (Å²) in [6, 6.07) is 2.16. The van der Waals surface area contributed by atoms with E-state index in [9.17, 15) is 21.6 Å². The van der Waals surface area contributed by atoms with Crippen molar-refractivity contribution in [1.82, 2.24) is 4.72 Å². The van der Waals surface area contributed by atoms with Crippen LogP contribution >= 0.6 is 11.6 Å². The monoisotopic (exact) mass is 329 g/mol. The largest absolute Gasteiger partial charge is 0.419 e. The van der Waals surface area contributed by atoms with E-state index >= 15 is 0 Å². The van der Waals surface area contributed by atoms with Gasteiger partial charge in [-0.2, -0.15) is 13.2 Å². The Labute approximate surface area is 121 Å². The lowest BCUT2D eigenvalue weighted by Crippen LogP contribution is -2.41. The average Bonchev–Trinajstić information content (AvgIpc) is 2.15. The van der Waals surface area contributed by atoms with E-state index in [1.165, 1.54) is 33.8 Å². The van der Waals surface area contributed by atoms with Crippen LogP contribution in [-0.2, 0) is 16.2 Å². The summed E-state index contributed by atoms with van der Waals surface area (Å²) in [4.78, 5) is -0.865. The third-order valence-corrected chi connectivity index (χ3v) is 4.60. The Bertz CT molecular complexity index is 619. The molecule has 0 aliphatic carbocycles. The lowest BCUT2D eigenvalue weighted by Gasteiger charge is -2.23. The van der Waals surface area contributed by atoms with Crippen LogP contribution in [0.25, 0.3) is 0 Å². The predicted molar refractivity (Wildman–Crippen MR) is 71.3 cm³/mol. The second kappa shape index (κ2) is 5.20. The number of alkyl halides is 3. The molecule has 3 nitrogen and oxygen atoms in total. The van der Waals surface area contributed by atoms with Crippen molar-refractivity contribution in [3.63, 3.8) is 0 Å². The first-order valence-electron chi connectivity index (χ1n) is 5.66. The van der Waals surface area contributed by atoms with Gasteiger partial charge in [0, 0.05) is 5.54 Å². The summed E-state index contributed by atoms with van der Waals surface area (Å²) in [7, 11) is -4.33. The van der Waals surface area contributed by atoms with Gasteiger partial charge >= 0.3 is 6.18 Å². The van der Waals surface area contributed by atoms with E-state index in [1.807, 2.05) is 0 Å². The first-order valence-corrected chi connectivity index (χ1v) is 7.52. The van der Waals surface area contributed by atoms with Gasteiger partial charge in [0.05, 0.1) is 15.5 Å². The van der Waals surface area contributed by atoms with Crippen LogP contribution in [0.5, 0.6) is 0 Å². The second-order valence-corrected chi connectivity index (χ2v) is 7.45. The van der Waals surface area contributed by atoms with Gasteiger partial charge in [-0.25, -0.2) is 13.1 Å². The molecule has 114 valence electrons. The van der Waals surface area contributed by atoms with Crippen LogP contribution in [0.2, 0.25) is 5.02 Å². The molecule has 0 amide bonds. The number of rotatable bonds is 2. The quantitative estimate of drug-likeness (QED) is 0.898. The molecule has 20 heavy (non-hydrogen) atoms. The third kappa shape index (κ3) is 3.86. The number of sulfonamides is 1. The fraction of sp³-hybridized carbons (Fsp3) is 0.500. The lowest BCUT2D eigenvalue weighted by molar-refractivity contribution is -0.139. The summed E-state index contributed by atoms with van der Waals surface area (Å²) in [6.45, 7) is 5.99. The standard InChI is InChI=1S/C12H15ClF3NO2S/c1-7-5-6-8(9(10(7)13)12(14,15)16)20(18,19)17-11(2,3)4/h5-6,17H,1-4H3. The normalized spacial score (nSPS) is 13.6. The summed E-state index contributed by atoms with van der Waals surface area (Å²) in [6.07, 6.45) is -4.86. The molecule has 1 N–H and O–H groups in total. The smallest absolute Gasteiger partial charge is 0.207 e. The van der Waals surface area contributed by atoms with Crippen LogP contribution in [0.1, 0.15) is 31.9 Å². The van der Waals surface area contributed by atoms with E-state index in [0.717, 1.165) is 6.07 Å². The Kier molecular flexibility index (Phi) is 4.49. The molecule has 0 heterocycles. The maximum absolute atomic E-state index is 13.1. The van der Waals surface area contributed by atoms with E-state index in [4.69, 9.17) is 11.6 Å². The predicted octanol–water partition coefficient (Wildman–Crippen LogP) is 3.74. The van der Waals surface area contributed by atoms with Crippen LogP contribution in [0.15, 0.2) is 17.0 Å². The summed E-state index contributed by atoms with van der Waals surface area (Å²) in [5.41, 5.74) is -2.08. The molecule has 0 saturated carbocycles. The van der Waals surface area contributed by atoms with Crippen molar-refractivity contribution in [2.75, 3.05) is 0 Å². The van der Waals surface area contributed by atoms with Gasteiger partial charge in [0.2, 0.25) is 10.0 Å². The van der Waals surface area contributed by atoms with E-state index in [0.29, 0.717) is 0 Å². The minimum atomic E-state index is -4.86. The molecule has 0 aliphatic rings. The number of nitrogens with one attached hydrogen (secondary N) is 1. The van der Waals surface area contributed by atoms with Crippen molar-refractivity contribution in [2.24, 2.45) is 0 Å². The lowest BCUT2D eigenvalue weighted by atomic mass is 10.1. The van der Waals surface area contributed by atoms with Crippen molar-refractivity contribution in [2.45, 2.75) is 44.3 Å². The van der Waals surface area contributed by atoms with Crippen molar-refractivity contribution in [3.8, 4) is 0 Å². The Morgan fingerprint density at radius 1 is 1.15 bits per heavy atom. The maximum Gasteiger partial charge on any atom is 0.419 e. The van der Waals surface area contributed by atoms with E-state index in [-0.39, 0.29) is 5.56 Å². The Hall–Kier alpha value is -0.790. The molecule has 0 fully saturated rings. The molecule has 0 saturated heterocycles. The van der Waals surface area contributed by atoms with E-state index < -0.39 is 37.2 Å². The zero-order chi connectivity index (χ0) is 15.9. The zero-order valence-corrected chi connectivity index (χ0v) is 13.0. The van der Waals surface area contributed by atoms with Crippen LogP contribution in [0.4, 0.5) is 13.2 Å². The summed E-state index contributed by atoms with van der Waals surface area (Å²) >= 11 is 5.65. The van der Waals surface area contributed by atoms with Crippen molar-refractivity contribution < 1.29 is 21.6 Å². The average molecular weight is 330 g/mol. The van der Waals surface area contributed by atoms with Gasteiger partial charge < -0.3 is 0 Å². The highest BCUT2D eigenvalue weighted by atomic mass is 35.5. The number of halogens is 4. The van der Waals surface area contributed by atoms with Crippen LogP contribution < -0.4 is 4.72 Å². The summed E-state index contributed by atoms with van der Waals surface area (Å²) < 4.78 is 65.6. The highest BCUT2D eigenvalue weighted by molar-refractivity contribution is 7.89. The van der Waals surface area contributed by atoms with Gasteiger partial charge in [0.15, 0.2) is 0 Å². The van der Waals surface area contributed by atoms with Gasteiger partial charge in [-0.05, 0) is 39.3 Å². The van der Waals surface area contributed by atoms with Crippen molar-refractivity contribution in [3.05, 3.63) is 28.3 Å². The van der Waals surface area contributed by atoms with Crippen molar-refractivity contribution in [1.29, 1.82) is 0 Å². The second-order valence-electron chi connectivity index (χ2n) is 5.42. The molecular weight excluding hydrogens is 315 g/mol. The molecule has 0 aliphatic heterocycles. The van der Waals surface area contributed by atoms with Crippen LogP contribution in [0, 0.1) is 6.92 Å². The van der Waals surface area contributed by atoms with Crippen LogP contribution in [0.3, 0.4) is 0 Å². The van der Waals surface area contributed by atoms with Gasteiger partial charge in [0.25, 0.3) is 0 Å². The molecular formula is C12H15ClF3NO2S. The minimum Gasteiger partial charge on any atom is -0.207 e. The minimum absolute atomic E-state index is 0.161. The summed E-state index contributed by atoms with van der Waals surface area (Å²) in [5, 5.41) is -0.603. The topological polar surface area (TPSA) is 46.2 Å². The molecule has 0 aromatic heterocycles. The molecule has 0 spiro atoms. The van der Waals surface area contributed by atoms with Crippen molar-refractivity contribution >= 4 is 21.6 Å². The number of aryl methyl sites for hydroxylation is 1. The fourth-order valence-corrected chi connectivity index (χ4v) is 3.59. The van der Waals surface area contributed by atoms with Gasteiger partial charge in [0.1, 0.15) is 0 Å². The first kappa shape index (κ1) is 17.3. The molecule has 1 aromatic rings. The number of benzene rings is 1. The van der Waals surface area contributed by atoms with Gasteiger partial charge in [-0.3, -0.25) is 0 Å². The highest BCUT2D eigenvalue weighted by Crippen LogP contribution is 2.40. The number of hydrogen-bond donors (Lipinski definition) is 1. The molecule has 0 bridgehead atoms. The molecule has 0 radical (unpaired) electrons. The van der Waals surface area contributed by atoms with E-state index in [1.54, 1.807) is 0 Å². The number of hydrogen-bond acceptors (Lipinski definition) is 2. The van der Waals surface area contributed by atoms with Crippen LogP contribution in [-0.4, -0.2) is 14.0 Å². The summed E-state index contributed by atoms with van der Waals surface area (Å²) in [5.74, 6) is 0. The van der Waals surface area contributed by atoms with Gasteiger partial charge in [-0.15, -0.1) is 0 Å². The molecule has 0 atom stereocenters. The Morgan fingerprint density at radius 3 is 2.05 bits per heavy atom. The Morgan fingerprint density at radius 2 is 1.65 bits per heavy atom. The molecule has 1 rings (SSSR count). The molecule has 0 unspecified atom stereocenters. The van der Waals surface area contributed by atoms with Gasteiger partial charge in [-0.1, -0.05) is 17.7 Å². The zero-order valence-electron chi connectivity index (χ0n) is 11.4. The Balaban J connectivity index is 3.59. The SMILES string of the molecule is Cc1ccc(S(=O)(=O)NC(C)(C)C)c(C(F)(F)F)c1Cl. The fourth-order valence-electron chi connectivity index (χ4n) is 1.61. The van der Waals surface area contributed by atoms with E-state index in [2.05, 4.69) is 4.72 Å². The maximum atomic E-state index is 13.1. The molecule has 1 aromatic carbocycles.